The lowest BCUT2D eigenvalue weighted by Gasteiger charge is -2.08. The molecule has 1 heterocycles. The molecule has 0 N–H and O–H groups in total. The van der Waals surface area contributed by atoms with Crippen LogP contribution in [0.2, 0.25) is 0 Å². The van der Waals surface area contributed by atoms with Crippen molar-refractivity contribution >= 4 is 11.3 Å². The molecule has 0 unspecified atom stereocenters. The van der Waals surface area contributed by atoms with Gasteiger partial charge in [-0.05, 0) is 25.1 Å². The van der Waals surface area contributed by atoms with Gasteiger partial charge in [0.2, 0.25) is 0 Å². The van der Waals surface area contributed by atoms with Crippen LogP contribution in [-0.4, -0.2) is 19.2 Å². The van der Waals surface area contributed by atoms with Crippen LogP contribution in [-0.2, 0) is 0 Å². The summed E-state index contributed by atoms with van der Waals surface area (Å²) in [6, 6.07) is 5.82. The zero-order valence-corrected chi connectivity index (χ0v) is 10.3. The van der Waals surface area contributed by atoms with Crippen molar-refractivity contribution in [1.82, 2.24) is 4.98 Å². The Hall–Kier alpha value is -1.55. The summed E-state index contributed by atoms with van der Waals surface area (Å²) in [4.78, 5) is 5.54. The predicted molar refractivity (Wildman–Crippen MR) is 65.4 cm³/mol. The molecular weight excluding hydrogens is 222 g/mol. The van der Waals surface area contributed by atoms with E-state index in [9.17, 15) is 0 Å². The summed E-state index contributed by atoms with van der Waals surface area (Å²) in [5.41, 5.74) is 1.05. The molecule has 0 fully saturated rings. The molecule has 0 radical (unpaired) electrons. The lowest BCUT2D eigenvalue weighted by molar-refractivity contribution is 0.355. The molecule has 0 aliphatic carbocycles. The van der Waals surface area contributed by atoms with E-state index in [0.717, 1.165) is 22.1 Å². The predicted octanol–water partition coefficient (Wildman–Crippen LogP) is 3.14. The van der Waals surface area contributed by atoms with E-state index in [1.54, 1.807) is 25.6 Å². The van der Waals surface area contributed by atoms with Crippen molar-refractivity contribution < 1.29 is 9.47 Å². The highest BCUT2D eigenvalue weighted by Gasteiger charge is 2.08. The Morgan fingerprint density at radius 3 is 2.44 bits per heavy atom. The SMILES string of the molecule is COc1ccc(-c2ncc(C)s2)cc1OC. The van der Waals surface area contributed by atoms with Crippen LogP contribution in [0.3, 0.4) is 0 Å². The first-order valence-electron chi connectivity index (χ1n) is 4.89. The molecule has 84 valence electrons. The monoisotopic (exact) mass is 235 g/mol. The van der Waals surface area contributed by atoms with Gasteiger partial charge in [0.15, 0.2) is 11.5 Å². The number of rotatable bonds is 3. The van der Waals surface area contributed by atoms with Crippen LogP contribution in [0.4, 0.5) is 0 Å². The third kappa shape index (κ3) is 2.02. The Bertz CT molecular complexity index is 494. The number of aryl methyl sites for hydroxylation is 1. The van der Waals surface area contributed by atoms with Gasteiger partial charge in [0.05, 0.1) is 14.2 Å². The molecule has 0 amide bonds. The van der Waals surface area contributed by atoms with Crippen molar-refractivity contribution in [2.24, 2.45) is 0 Å². The maximum atomic E-state index is 5.26. The molecule has 0 saturated heterocycles. The largest absolute Gasteiger partial charge is 0.493 e. The third-order valence-electron chi connectivity index (χ3n) is 2.25. The van der Waals surface area contributed by atoms with E-state index in [2.05, 4.69) is 4.98 Å². The highest BCUT2D eigenvalue weighted by atomic mass is 32.1. The quantitative estimate of drug-likeness (QED) is 0.819. The molecule has 0 aliphatic rings. The van der Waals surface area contributed by atoms with Crippen molar-refractivity contribution in [3.8, 4) is 22.1 Å². The fraction of sp³-hybridized carbons (Fsp3) is 0.250. The summed E-state index contributed by atoms with van der Waals surface area (Å²) in [6.07, 6.45) is 1.87. The molecule has 0 spiro atoms. The minimum atomic E-state index is 0.729. The van der Waals surface area contributed by atoms with Crippen LogP contribution in [0.15, 0.2) is 24.4 Å². The second-order valence-electron chi connectivity index (χ2n) is 3.35. The second-order valence-corrected chi connectivity index (χ2v) is 4.58. The fourth-order valence-electron chi connectivity index (χ4n) is 1.46. The third-order valence-corrected chi connectivity index (χ3v) is 3.21. The van der Waals surface area contributed by atoms with Crippen LogP contribution in [0, 0.1) is 6.92 Å². The topological polar surface area (TPSA) is 31.4 Å². The molecule has 0 saturated carbocycles. The normalized spacial score (nSPS) is 10.2. The smallest absolute Gasteiger partial charge is 0.161 e. The molecule has 16 heavy (non-hydrogen) atoms. The van der Waals surface area contributed by atoms with E-state index in [-0.39, 0.29) is 0 Å². The lowest BCUT2D eigenvalue weighted by Crippen LogP contribution is -1.90. The van der Waals surface area contributed by atoms with E-state index in [0.29, 0.717) is 0 Å². The van der Waals surface area contributed by atoms with Gasteiger partial charge in [-0.25, -0.2) is 4.98 Å². The molecule has 0 aliphatic heterocycles. The fourth-order valence-corrected chi connectivity index (χ4v) is 2.22. The van der Waals surface area contributed by atoms with Gasteiger partial charge in [-0.1, -0.05) is 0 Å². The maximum absolute atomic E-state index is 5.26. The van der Waals surface area contributed by atoms with E-state index < -0.39 is 0 Å². The number of methoxy groups -OCH3 is 2. The number of hydrogen-bond acceptors (Lipinski definition) is 4. The van der Waals surface area contributed by atoms with Gasteiger partial charge < -0.3 is 9.47 Å². The molecule has 0 atom stereocenters. The van der Waals surface area contributed by atoms with Gasteiger partial charge in [-0.3, -0.25) is 0 Å². The molecular formula is C12H13NO2S. The zero-order valence-electron chi connectivity index (χ0n) is 9.48. The van der Waals surface area contributed by atoms with Gasteiger partial charge in [0, 0.05) is 16.6 Å². The molecule has 1 aromatic heterocycles. The van der Waals surface area contributed by atoms with Crippen molar-refractivity contribution in [3.05, 3.63) is 29.3 Å². The van der Waals surface area contributed by atoms with Crippen LogP contribution in [0.5, 0.6) is 11.5 Å². The van der Waals surface area contributed by atoms with Crippen molar-refractivity contribution in [2.75, 3.05) is 14.2 Å². The van der Waals surface area contributed by atoms with Crippen LogP contribution < -0.4 is 9.47 Å². The Labute approximate surface area is 98.7 Å². The number of aromatic nitrogens is 1. The Morgan fingerprint density at radius 1 is 1.12 bits per heavy atom. The van der Waals surface area contributed by atoms with Crippen LogP contribution in [0.25, 0.3) is 10.6 Å². The molecule has 2 rings (SSSR count). The van der Waals surface area contributed by atoms with Gasteiger partial charge in [0.1, 0.15) is 5.01 Å². The minimum absolute atomic E-state index is 0.729. The zero-order chi connectivity index (χ0) is 11.5. The van der Waals surface area contributed by atoms with Gasteiger partial charge in [0.25, 0.3) is 0 Å². The molecule has 3 nitrogen and oxygen atoms in total. The highest BCUT2D eigenvalue weighted by Crippen LogP contribution is 2.33. The number of ether oxygens (including phenoxy) is 2. The van der Waals surface area contributed by atoms with Crippen molar-refractivity contribution in [3.63, 3.8) is 0 Å². The van der Waals surface area contributed by atoms with Gasteiger partial charge in [-0.2, -0.15) is 0 Å². The maximum Gasteiger partial charge on any atom is 0.161 e. The summed E-state index contributed by atoms with van der Waals surface area (Å²) in [5.74, 6) is 1.47. The summed E-state index contributed by atoms with van der Waals surface area (Å²) >= 11 is 1.67. The standard InChI is InChI=1S/C12H13NO2S/c1-8-7-13-12(16-8)9-4-5-10(14-2)11(6-9)15-3/h4-7H,1-3H3. The minimum Gasteiger partial charge on any atom is -0.493 e. The number of thiazole rings is 1. The van der Waals surface area contributed by atoms with Crippen molar-refractivity contribution in [1.29, 1.82) is 0 Å². The molecule has 0 bridgehead atoms. The number of nitrogens with zero attached hydrogens (tertiary/aromatic N) is 1. The first-order chi connectivity index (χ1) is 7.74. The van der Waals surface area contributed by atoms with Crippen molar-refractivity contribution in [2.45, 2.75) is 6.92 Å². The average molecular weight is 235 g/mol. The Kier molecular flexibility index (Phi) is 3.10. The molecule has 2 aromatic rings. The number of hydrogen-bond donors (Lipinski definition) is 0. The summed E-state index contributed by atoms with van der Waals surface area (Å²) in [6.45, 7) is 2.04. The van der Waals surface area contributed by atoms with E-state index >= 15 is 0 Å². The second kappa shape index (κ2) is 4.53. The molecule has 4 heteroatoms. The summed E-state index contributed by atoms with van der Waals surface area (Å²) < 4.78 is 10.4. The Balaban J connectivity index is 2.43. The molecule has 1 aromatic carbocycles. The van der Waals surface area contributed by atoms with E-state index in [4.69, 9.17) is 9.47 Å². The summed E-state index contributed by atoms with van der Waals surface area (Å²) in [7, 11) is 3.26. The average Bonchev–Trinajstić information content (AvgIpc) is 2.75. The highest BCUT2D eigenvalue weighted by molar-refractivity contribution is 7.14. The first-order valence-corrected chi connectivity index (χ1v) is 5.71. The van der Waals surface area contributed by atoms with E-state index in [1.807, 2.05) is 31.3 Å². The lowest BCUT2D eigenvalue weighted by atomic mass is 10.2. The van der Waals surface area contributed by atoms with Gasteiger partial charge >= 0.3 is 0 Å². The van der Waals surface area contributed by atoms with Gasteiger partial charge in [-0.15, -0.1) is 11.3 Å². The Morgan fingerprint density at radius 2 is 1.88 bits per heavy atom. The van der Waals surface area contributed by atoms with Crippen LogP contribution in [0.1, 0.15) is 4.88 Å². The first kappa shape index (κ1) is 11.0. The van der Waals surface area contributed by atoms with E-state index in [1.165, 1.54) is 4.88 Å². The van der Waals surface area contributed by atoms with Crippen LogP contribution >= 0.6 is 11.3 Å². The number of benzene rings is 1. The summed E-state index contributed by atoms with van der Waals surface area (Å²) in [5, 5.41) is 0.999.